The molecule has 4 rings (SSSR count). The summed E-state index contributed by atoms with van der Waals surface area (Å²) in [6.45, 7) is 0.338. The van der Waals surface area contributed by atoms with Gasteiger partial charge in [-0.2, -0.15) is 5.10 Å². The van der Waals surface area contributed by atoms with Crippen LogP contribution in [0.2, 0.25) is 0 Å². The van der Waals surface area contributed by atoms with Crippen LogP contribution in [0.3, 0.4) is 0 Å². The monoisotopic (exact) mass is 425 g/mol. The molecule has 1 fully saturated rings. The van der Waals surface area contributed by atoms with Gasteiger partial charge in [-0.05, 0) is 46.3 Å². The molecule has 7 nitrogen and oxygen atoms in total. The van der Waals surface area contributed by atoms with Crippen molar-refractivity contribution < 1.29 is 9.59 Å². The fourth-order valence-corrected chi connectivity index (χ4v) is 3.59. The number of carbonyl (C=O) groups is 2. The fraction of sp³-hybridized carbons (Fsp3) is 0.158. The van der Waals surface area contributed by atoms with Crippen LogP contribution in [0, 0.1) is 5.92 Å². The normalized spacial score (nSPS) is 16.6. The van der Waals surface area contributed by atoms with E-state index >= 15 is 0 Å². The minimum Gasteiger partial charge on any atom is -0.323 e. The van der Waals surface area contributed by atoms with Crippen molar-refractivity contribution in [3.05, 3.63) is 65.5 Å². The largest absolute Gasteiger partial charge is 0.323 e. The molecule has 1 aliphatic heterocycles. The molecule has 1 N–H and O–H groups in total. The van der Waals surface area contributed by atoms with Crippen LogP contribution in [-0.2, 0) is 9.59 Å². The third kappa shape index (κ3) is 3.48. The Kier molecular flexibility index (Phi) is 4.72. The van der Waals surface area contributed by atoms with Crippen LogP contribution in [0.4, 0.5) is 11.4 Å². The zero-order valence-electron chi connectivity index (χ0n) is 14.2. The number of halogens is 1. The van der Waals surface area contributed by atoms with E-state index in [0.29, 0.717) is 18.1 Å². The first-order chi connectivity index (χ1) is 13.1. The lowest BCUT2D eigenvalue weighted by Gasteiger charge is -2.18. The van der Waals surface area contributed by atoms with Crippen LogP contribution in [0.15, 0.2) is 65.5 Å². The first-order valence-corrected chi connectivity index (χ1v) is 9.23. The van der Waals surface area contributed by atoms with Crippen molar-refractivity contribution in [3.8, 4) is 5.82 Å². The molecule has 3 heterocycles. The summed E-state index contributed by atoms with van der Waals surface area (Å²) in [7, 11) is 0. The smallest absolute Gasteiger partial charge is 0.229 e. The first-order valence-electron chi connectivity index (χ1n) is 8.44. The molecule has 2 amide bonds. The second kappa shape index (κ2) is 7.32. The van der Waals surface area contributed by atoms with Gasteiger partial charge in [0.2, 0.25) is 11.8 Å². The Bertz CT molecular complexity index is 989. The molecule has 2 aromatic heterocycles. The van der Waals surface area contributed by atoms with E-state index in [4.69, 9.17) is 0 Å². The number of para-hydroxylation sites is 1. The Morgan fingerprint density at radius 2 is 2.00 bits per heavy atom. The third-order valence-corrected chi connectivity index (χ3v) is 5.08. The molecule has 1 aliphatic rings. The number of pyridine rings is 1. The van der Waals surface area contributed by atoms with Gasteiger partial charge in [0.25, 0.3) is 0 Å². The van der Waals surface area contributed by atoms with Gasteiger partial charge in [0.15, 0.2) is 5.82 Å². The summed E-state index contributed by atoms with van der Waals surface area (Å²) in [6, 6.07) is 12.8. The number of benzene rings is 1. The number of hydrogen-bond donors (Lipinski definition) is 1. The summed E-state index contributed by atoms with van der Waals surface area (Å²) in [5.41, 5.74) is 1.33. The highest BCUT2D eigenvalue weighted by atomic mass is 79.9. The Labute approximate surface area is 164 Å². The Morgan fingerprint density at radius 1 is 1.15 bits per heavy atom. The summed E-state index contributed by atoms with van der Waals surface area (Å²) >= 11 is 3.46. The lowest BCUT2D eigenvalue weighted by molar-refractivity contribution is -0.122. The number of aromatic nitrogens is 3. The highest BCUT2D eigenvalue weighted by Crippen LogP contribution is 2.31. The quantitative estimate of drug-likeness (QED) is 0.696. The van der Waals surface area contributed by atoms with Crippen LogP contribution in [0.5, 0.6) is 0 Å². The number of amides is 2. The van der Waals surface area contributed by atoms with Gasteiger partial charge >= 0.3 is 0 Å². The number of nitrogens with one attached hydrogen (secondary N) is 1. The van der Waals surface area contributed by atoms with Crippen LogP contribution in [0.25, 0.3) is 5.82 Å². The van der Waals surface area contributed by atoms with Crippen molar-refractivity contribution in [2.45, 2.75) is 6.42 Å². The molecule has 0 radical (unpaired) electrons. The summed E-state index contributed by atoms with van der Waals surface area (Å²) in [6.07, 6.45) is 5.21. The van der Waals surface area contributed by atoms with E-state index in [1.54, 1.807) is 46.4 Å². The molecule has 0 unspecified atom stereocenters. The maximum absolute atomic E-state index is 12.8. The van der Waals surface area contributed by atoms with Crippen molar-refractivity contribution >= 4 is 39.1 Å². The molecule has 1 saturated heterocycles. The van der Waals surface area contributed by atoms with Crippen molar-refractivity contribution in [3.63, 3.8) is 0 Å². The average Bonchev–Trinajstić information content (AvgIpc) is 3.33. The van der Waals surface area contributed by atoms with Gasteiger partial charge in [0.05, 0.1) is 17.3 Å². The van der Waals surface area contributed by atoms with Gasteiger partial charge in [0, 0.05) is 36.0 Å². The maximum Gasteiger partial charge on any atom is 0.229 e. The zero-order chi connectivity index (χ0) is 18.8. The van der Waals surface area contributed by atoms with E-state index in [-0.39, 0.29) is 18.2 Å². The number of rotatable bonds is 4. The van der Waals surface area contributed by atoms with Crippen LogP contribution >= 0.6 is 15.9 Å². The number of nitrogens with zero attached hydrogens (tertiary/aromatic N) is 4. The minimum atomic E-state index is -0.435. The Morgan fingerprint density at radius 3 is 2.78 bits per heavy atom. The molecule has 1 atom stereocenters. The Hall–Kier alpha value is -3.00. The summed E-state index contributed by atoms with van der Waals surface area (Å²) in [5.74, 6) is -0.182. The molecule has 0 aliphatic carbocycles. The molecular formula is C19H16BrN5O2. The average molecular weight is 426 g/mol. The van der Waals surface area contributed by atoms with Gasteiger partial charge in [-0.15, -0.1) is 0 Å². The number of carbonyl (C=O) groups excluding carboxylic acids is 2. The lowest BCUT2D eigenvalue weighted by Crippen LogP contribution is -2.28. The number of hydrogen-bond acceptors (Lipinski definition) is 4. The zero-order valence-corrected chi connectivity index (χ0v) is 15.8. The molecule has 27 heavy (non-hydrogen) atoms. The topological polar surface area (TPSA) is 80.1 Å². The summed E-state index contributed by atoms with van der Waals surface area (Å²) in [4.78, 5) is 31.2. The van der Waals surface area contributed by atoms with Crippen LogP contribution in [0.1, 0.15) is 6.42 Å². The predicted molar refractivity (Wildman–Crippen MR) is 105 cm³/mol. The van der Waals surface area contributed by atoms with E-state index in [1.807, 2.05) is 24.3 Å². The third-order valence-electron chi connectivity index (χ3n) is 4.41. The SMILES string of the molecule is O=C(Nc1cccnc1-n1cccn1)[C@@H]1CC(=O)N(c2ccccc2Br)C1. The van der Waals surface area contributed by atoms with E-state index in [0.717, 1.165) is 10.2 Å². The second-order valence-corrected chi connectivity index (χ2v) is 7.03. The molecule has 0 saturated carbocycles. The van der Waals surface area contributed by atoms with Crippen LogP contribution < -0.4 is 10.2 Å². The second-order valence-electron chi connectivity index (χ2n) is 6.17. The lowest BCUT2D eigenvalue weighted by atomic mass is 10.1. The van der Waals surface area contributed by atoms with Gasteiger partial charge in [-0.1, -0.05) is 12.1 Å². The van der Waals surface area contributed by atoms with Gasteiger partial charge in [-0.3, -0.25) is 9.59 Å². The van der Waals surface area contributed by atoms with Crippen molar-refractivity contribution in [1.29, 1.82) is 0 Å². The predicted octanol–water partition coefficient (Wildman–Crippen LogP) is 3.02. The molecule has 0 spiro atoms. The molecule has 1 aromatic carbocycles. The highest BCUT2D eigenvalue weighted by Gasteiger charge is 2.36. The molecule has 3 aromatic rings. The van der Waals surface area contributed by atoms with E-state index in [1.165, 1.54) is 0 Å². The van der Waals surface area contributed by atoms with Crippen molar-refractivity contribution in [1.82, 2.24) is 14.8 Å². The fourth-order valence-electron chi connectivity index (χ4n) is 3.09. The van der Waals surface area contributed by atoms with Crippen LogP contribution in [-0.4, -0.2) is 33.1 Å². The van der Waals surface area contributed by atoms with Gasteiger partial charge < -0.3 is 10.2 Å². The Balaban J connectivity index is 1.52. The van der Waals surface area contributed by atoms with E-state index in [2.05, 4.69) is 31.3 Å². The van der Waals surface area contributed by atoms with E-state index in [9.17, 15) is 9.59 Å². The molecular weight excluding hydrogens is 410 g/mol. The summed E-state index contributed by atoms with van der Waals surface area (Å²) < 4.78 is 2.41. The maximum atomic E-state index is 12.8. The molecule has 8 heteroatoms. The summed E-state index contributed by atoms with van der Waals surface area (Å²) in [5, 5.41) is 7.06. The van der Waals surface area contributed by atoms with Gasteiger partial charge in [-0.25, -0.2) is 9.67 Å². The van der Waals surface area contributed by atoms with Gasteiger partial charge in [0.1, 0.15) is 0 Å². The number of anilines is 2. The first kappa shape index (κ1) is 17.4. The van der Waals surface area contributed by atoms with E-state index < -0.39 is 5.92 Å². The molecule has 136 valence electrons. The highest BCUT2D eigenvalue weighted by molar-refractivity contribution is 9.10. The minimum absolute atomic E-state index is 0.0689. The standard InChI is InChI=1S/C19H16BrN5O2/c20-14-5-1-2-7-16(14)24-12-13(11-17(24)26)19(27)23-15-6-3-8-21-18(15)25-10-4-9-22-25/h1-10,13H,11-12H2,(H,23,27)/t13-/m1/s1. The van der Waals surface area contributed by atoms with Crippen molar-refractivity contribution in [2.24, 2.45) is 5.92 Å². The molecule has 0 bridgehead atoms. The van der Waals surface area contributed by atoms with Crippen molar-refractivity contribution in [2.75, 3.05) is 16.8 Å².